The maximum atomic E-state index is 5.38. The van der Waals surface area contributed by atoms with Gasteiger partial charge in [-0.1, -0.05) is 44.0 Å². The number of likely N-dealkylation sites (N-methyl/N-ethyl adjacent to an activating group) is 2. The van der Waals surface area contributed by atoms with Gasteiger partial charge >= 0.3 is 0 Å². The summed E-state index contributed by atoms with van der Waals surface area (Å²) in [6.07, 6.45) is 10.7. The van der Waals surface area contributed by atoms with Gasteiger partial charge in [0.15, 0.2) is 5.66 Å². The van der Waals surface area contributed by atoms with Gasteiger partial charge in [-0.2, -0.15) is 10.2 Å². The molecule has 0 heterocycles. The van der Waals surface area contributed by atoms with Crippen molar-refractivity contribution in [2.24, 2.45) is 10.2 Å². The Labute approximate surface area is 151 Å². The van der Waals surface area contributed by atoms with Crippen LogP contribution in [0.3, 0.4) is 0 Å². The molecule has 132 valence electrons. The van der Waals surface area contributed by atoms with Gasteiger partial charge in [-0.05, 0) is 37.8 Å². The molecule has 2 N–H and O–H groups in total. The molecule has 2 rings (SSSR count). The van der Waals surface area contributed by atoms with Crippen molar-refractivity contribution in [2.75, 3.05) is 20.0 Å². The number of halogens is 1. The van der Waals surface area contributed by atoms with E-state index < -0.39 is 5.66 Å². The first kappa shape index (κ1) is 20.4. The van der Waals surface area contributed by atoms with Crippen LogP contribution >= 0.6 is 11.6 Å². The van der Waals surface area contributed by atoms with E-state index in [1.165, 1.54) is 19.3 Å². The minimum atomic E-state index is -0.434. The number of nitrogens with zero attached hydrogens (tertiary/aromatic N) is 2. The summed E-state index contributed by atoms with van der Waals surface area (Å²) < 4.78 is 0. The topological polar surface area (TPSA) is 48.8 Å². The molecule has 1 aromatic rings. The first-order valence-corrected chi connectivity index (χ1v) is 9.03. The van der Waals surface area contributed by atoms with E-state index in [1.54, 1.807) is 0 Å². The molecule has 0 aromatic heterocycles. The van der Waals surface area contributed by atoms with Crippen LogP contribution in [0.25, 0.3) is 0 Å². The summed E-state index contributed by atoms with van der Waals surface area (Å²) in [4.78, 5) is 0. The van der Waals surface area contributed by atoms with Crippen LogP contribution in [0.5, 0.6) is 0 Å². The number of hydrogen-bond donors (Lipinski definition) is 2. The Morgan fingerprint density at radius 1 is 1.17 bits per heavy atom. The fraction of sp³-hybridized carbons (Fsp3) is 0.474. The maximum absolute atomic E-state index is 5.38. The molecule has 1 unspecified atom stereocenters. The highest BCUT2D eigenvalue weighted by molar-refractivity contribution is 6.17. The Hall–Kier alpha value is -1.65. The predicted octanol–water partition coefficient (Wildman–Crippen LogP) is 5.16. The van der Waals surface area contributed by atoms with Crippen LogP contribution in [-0.4, -0.2) is 25.6 Å². The molecule has 0 radical (unpaired) electrons. The minimum absolute atomic E-state index is 0.434. The first-order chi connectivity index (χ1) is 11.7. The van der Waals surface area contributed by atoms with Crippen molar-refractivity contribution >= 4 is 17.3 Å². The van der Waals surface area contributed by atoms with E-state index in [0.717, 1.165) is 23.7 Å². The number of hydrogen-bond acceptors (Lipinski definition) is 4. The van der Waals surface area contributed by atoms with Crippen molar-refractivity contribution in [1.82, 2.24) is 10.6 Å². The molecule has 0 saturated carbocycles. The molecule has 1 aliphatic carbocycles. The Bertz CT molecular complexity index is 536. The van der Waals surface area contributed by atoms with Crippen LogP contribution in [0.4, 0.5) is 5.69 Å². The minimum Gasteiger partial charge on any atom is -0.388 e. The first-order valence-electron chi connectivity index (χ1n) is 8.49. The van der Waals surface area contributed by atoms with E-state index in [9.17, 15) is 0 Å². The highest BCUT2D eigenvalue weighted by atomic mass is 35.5. The lowest BCUT2D eigenvalue weighted by Crippen LogP contribution is -2.39. The normalized spacial score (nSPS) is 19.6. The van der Waals surface area contributed by atoms with Crippen molar-refractivity contribution in [2.45, 2.75) is 38.3 Å². The molecule has 1 aromatic carbocycles. The number of nitrogens with one attached hydrogen (secondary N) is 2. The van der Waals surface area contributed by atoms with Crippen molar-refractivity contribution in [3.05, 3.63) is 54.3 Å². The Balaban J connectivity index is 0.000000413. The largest absolute Gasteiger partial charge is 0.388 e. The summed E-state index contributed by atoms with van der Waals surface area (Å²) in [5, 5.41) is 15.0. The van der Waals surface area contributed by atoms with Gasteiger partial charge in [0, 0.05) is 25.0 Å². The molecule has 0 saturated heterocycles. The van der Waals surface area contributed by atoms with Gasteiger partial charge in [-0.25, -0.2) is 0 Å². The average Bonchev–Trinajstić information content (AvgIpc) is 2.66. The van der Waals surface area contributed by atoms with Gasteiger partial charge in [-0.15, -0.1) is 11.6 Å². The predicted molar refractivity (Wildman–Crippen MR) is 104 cm³/mol. The standard InChI is InChI=1S/C14H18N4.C5H11Cl/c1-15-12-8-10-14(16-2,11-9-12)18-17-13-6-4-3-5-7-13;1-2-3-4-5-6/h3-10,15-16H,11H2,1-2H3;2-5H2,1H3. The van der Waals surface area contributed by atoms with Crippen molar-refractivity contribution in [1.29, 1.82) is 0 Å². The van der Waals surface area contributed by atoms with Crippen LogP contribution in [0.15, 0.2) is 64.5 Å². The quantitative estimate of drug-likeness (QED) is 0.406. The van der Waals surface area contributed by atoms with Crippen LogP contribution < -0.4 is 10.6 Å². The van der Waals surface area contributed by atoms with Crippen molar-refractivity contribution in [3.8, 4) is 0 Å². The second-order valence-electron chi connectivity index (χ2n) is 5.55. The molecular weight excluding hydrogens is 320 g/mol. The van der Waals surface area contributed by atoms with Gasteiger partial charge in [0.2, 0.25) is 0 Å². The van der Waals surface area contributed by atoms with Crippen molar-refractivity contribution in [3.63, 3.8) is 0 Å². The molecule has 0 fully saturated rings. The van der Waals surface area contributed by atoms with Crippen LogP contribution in [0, 0.1) is 0 Å². The highest BCUT2D eigenvalue weighted by Gasteiger charge is 2.25. The van der Waals surface area contributed by atoms with E-state index in [-0.39, 0.29) is 0 Å². The van der Waals surface area contributed by atoms with Gasteiger partial charge in [0.1, 0.15) is 0 Å². The molecule has 4 nitrogen and oxygen atoms in total. The summed E-state index contributed by atoms with van der Waals surface area (Å²) in [5.41, 5.74) is 1.54. The smallest absolute Gasteiger partial charge is 0.154 e. The molecule has 0 bridgehead atoms. The monoisotopic (exact) mass is 348 g/mol. The molecule has 0 amide bonds. The number of rotatable bonds is 7. The second kappa shape index (κ2) is 11.8. The van der Waals surface area contributed by atoms with Crippen LogP contribution in [0.2, 0.25) is 0 Å². The summed E-state index contributed by atoms with van der Waals surface area (Å²) >= 11 is 5.38. The zero-order valence-electron chi connectivity index (χ0n) is 14.9. The second-order valence-corrected chi connectivity index (χ2v) is 5.93. The van der Waals surface area contributed by atoms with Gasteiger partial charge in [-0.3, -0.25) is 5.32 Å². The number of unbranched alkanes of at least 4 members (excludes halogenated alkanes) is 2. The van der Waals surface area contributed by atoms with Gasteiger partial charge in [0.05, 0.1) is 5.69 Å². The maximum Gasteiger partial charge on any atom is 0.154 e. The Kier molecular flexibility index (Phi) is 10.0. The number of allylic oxidation sites excluding steroid dienone is 1. The fourth-order valence-electron chi connectivity index (χ4n) is 2.11. The fourth-order valence-corrected chi connectivity index (χ4v) is 2.30. The van der Waals surface area contributed by atoms with E-state index in [2.05, 4.69) is 33.9 Å². The zero-order chi connectivity index (χ0) is 17.7. The lowest BCUT2D eigenvalue weighted by molar-refractivity contribution is 0.436. The SMILES string of the molecule is CCCCCCl.CNC1=CCC(N=Nc2ccccc2)(NC)C=C1. The molecule has 1 atom stereocenters. The van der Waals surface area contributed by atoms with E-state index in [4.69, 9.17) is 11.6 Å². The average molecular weight is 349 g/mol. The summed E-state index contributed by atoms with van der Waals surface area (Å²) in [5.74, 6) is 0.827. The van der Waals surface area contributed by atoms with E-state index in [1.807, 2.05) is 56.6 Å². The van der Waals surface area contributed by atoms with Crippen molar-refractivity contribution < 1.29 is 0 Å². The van der Waals surface area contributed by atoms with Crippen LogP contribution in [0.1, 0.15) is 32.6 Å². The number of azo groups is 1. The third-order valence-electron chi connectivity index (χ3n) is 3.73. The molecule has 0 spiro atoms. The number of alkyl halides is 1. The third-order valence-corrected chi connectivity index (χ3v) is 4.00. The molecule has 0 aliphatic heterocycles. The van der Waals surface area contributed by atoms with E-state index in [0.29, 0.717) is 0 Å². The Morgan fingerprint density at radius 2 is 1.92 bits per heavy atom. The molecular formula is C19H29ClN4. The third kappa shape index (κ3) is 7.28. The molecule has 5 heteroatoms. The zero-order valence-corrected chi connectivity index (χ0v) is 15.7. The summed E-state index contributed by atoms with van der Waals surface area (Å²) in [7, 11) is 3.81. The molecule has 24 heavy (non-hydrogen) atoms. The number of benzene rings is 1. The highest BCUT2D eigenvalue weighted by Crippen LogP contribution is 2.23. The van der Waals surface area contributed by atoms with Crippen LogP contribution in [-0.2, 0) is 0 Å². The Morgan fingerprint density at radius 3 is 2.38 bits per heavy atom. The molecule has 1 aliphatic rings. The van der Waals surface area contributed by atoms with Gasteiger partial charge < -0.3 is 5.32 Å². The lowest BCUT2D eigenvalue weighted by Gasteiger charge is -2.26. The summed E-state index contributed by atoms with van der Waals surface area (Å²) in [6.45, 7) is 2.17. The lowest BCUT2D eigenvalue weighted by atomic mass is 10.0. The summed E-state index contributed by atoms with van der Waals surface area (Å²) in [6, 6.07) is 9.75. The van der Waals surface area contributed by atoms with Gasteiger partial charge in [0.25, 0.3) is 0 Å². The van der Waals surface area contributed by atoms with E-state index >= 15 is 0 Å².